The molecule has 2 aliphatic rings. The van der Waals surface area contributed by atoms with Crippen LogP contribution in [0.5, 0.6) is 5.75 Å². The molecular weight excluding hydrogens is 362 g/mol. The van der Waals surface area contributed by atoms with Crippen LogP contribution in [0, 0.1) is 0 Å². The molecule has 1 atom stereocenters. The molecule has 1 fully saturated rings. The molecule has 4 rings (SSSR count). The maximum atomic E-state index is 13.0. The van der Waals surface area contributed by atoms with E-state index >= 15 is 0 Å². The average Bonchev–Trinajstić information content (AvgIpc) is 3.38. The van der Waals surface area contributed by atoms with Crippen molar-refractivity contribution >= 4 is 23.0 Å². The number of ether oxygens (including phenoxy) is 2. The van der Waals surface area contributed by atoms with Crippen LogP contribution in [-0.2, 0) is 9.53 Å². The van der Waals surface area contributed by atoms with Crippen LogP contribution in [0.4, 0.5) is 0 Å². The van der Waals surface area contributed by atoms with Crippen molar-refractivity contribution in [3.63, 3.8) is 0 Å². The zero-order valence-corrected chi connectivity index (χ0v) is 16.2. The Hall–Kier alpha value is -2.22. The summed E-state index contributed by atoms with van der Waals surface area (Å²) in [5.41, 5.74) is 1.92. The Morgan fingerprint density at radius 1 is 1.30 bits per heavy atom. The van der Waals surface area contributed by atoms with E-state index in [4.69, 9.17) is 14.6 Å². The summed E-state index contributed by atoms with van der Waals surface area (Å²) in [6.07, 6.45) is 0.711. The Kier molecular flexibility index (Phi) is 5.52. The average molecular weight is 385 g/mol. The van der Waals surface area contributed by atoms with Crippen LogP contribution < -0.4 is 4.74 Å². The number of hydrogen-bond acceptors (Lipinski definition) is 6. The lowest BCUT2D eigenvalue weighted by molar-refractivity contribution is -0.135. The van der Waals surface area contributed by atoms with E-state index in [9.17, 15) is 4.79 Å². The maximum absolute atomic E-state index is 13.0. The predicted molar refractivity (Wildman–Crippen MR) is 105 cm³/mol. The quantitative estimate of drug-likeness (QED) is 0.794. The molecule has 7 heteroatoms. The second-order valence-electron chi connectivity index (χ2n) is 6.64. The van der Waals surface area contributed by atoms with Crippen molar-refractivity contribution < 1.29 is 14.3 Å². The number of thiophene rings is 1. The highest BCUT2D eigenvalue weighted by molar-refractivity contribution is 7.10. The third kappa shape index (κ3) is 4.05. The molecule has 6 nitrogen and oxygen atoms in total. The monoisotopic (exact) mass is 385 g/mol. The molecule has 0 unspecified atom stereocenters. The van der Waals surface area contributed by atoms with Crippen LogP contribution in [0.25, 0.3) is 0 Å². The van der Waals surface area contributed by atoms with Gasteiger partial charge in [-0.05, 0) is 23.6 Å². The summed E-state index contributed by atoms with van der Waals surface area (Å²) >= 11 is 1.67. The molecule has 1 aromatic carbocycles. The summed E-state index contributed by atoms with van der Waals surface area (Å²) in [5, 5.41) is 8.45. The molecule has 2 aliphatic heterocycles. The smallest absolute Gasteiger partial charge is 0.257 e. The first-order valence-electron chi connectivity index (χ1n) is 9.12. The molecule has 2 aromatic rings. The molecule has 0 aliphatic carbocycles. The number of carbonyl (C=O) groups excluding carboxylic acids is 1. The van der Waals surface area contributed by atoms with Gasteiger partial charge in [-0.1, -0.05) is 18.2 Å². The normalized spacial score (nSPS) is 20.6. The minimum atomic E-state index is -0.0419. The largest absolute Gasteiger partial charge is 0.497 e. The number of rotatable bonds is 5. The topological polar surface area (TPSA) is 54.4 Å². The molecule has 0 spiro atoms. The fourth-order valence-corrected chi connectivity index (χ4v) is 4.25. The molecule has 142 valence electrons. The van der Waals surface area contributed by atoms with Crippen LogP contribution in [0.3, 0.4) is 0 Å². The highest BCUT2D eigenvalue weighted by atomic mass is 32.1. The zero-order chi connectivity index (χ0) is 18.6. The molecule has 1 aromatic heterocycles. The minimum absolute atomic E-state index is 0.0354. The molecule has 0 radical (unpaired) electrons. The molecule has 3 heterocycles. The van der Waals surface area contributed by atoms with E-state index in [1.165, 1.54) is 0 Å². The van der Waals surface area contributed by atoms with Crippen molar-refractivity contribution in [2.24, 2.45) is 5.10 Å². The second kappa shape index (κ2) is 8.21. The van der Waals surface area contributed by atoms with Gasteiger partial charge in [-0.2, -0.15) is 5.10 Å². The van der Waals surface area contributed by atoms with Crippen LogP contribution in [0.2, 0.25) is 0 Å². The fraction of sp³-hybridized carbons (Fsp3) is 0.400. The van der Waals surface area contributed by atoms with Gasteiger partial charge in [-0.25, -0.2) is 5.01 Å². The summed E-state index contributed by atoms with van der Waals surface area (Å²) in [4.78, 5) is 16.3. The van der Waals surface area contributed by atoms with Gasteiger partial charge in [0.1, 0.15) is 5.75 Å². The minimum Gasteiger partial charge on any atom is -0.497 e. The lowest BCUT2D eigenvalue weighted by atomic mass is 10.0. The number of hydrazone groups is 1. The van der Waals surface area contributed by atoms with Gasteiger partial charge in [0.2, 0.25) is 0 Å². The molecular formula is C20H23N3O3S. The number of benzene rings is 1. The molecule has 0 saturated carbocycles. The SMILES string of the molecule is COc1cccc(C2=NN(C(=O)CN3CCOCC3)[C@@H](c3cccs3)C2)c1. The highest BCUT2D eigenvalue weighted by Crippen LogP contribution is 2.35. The molecule has 0 bridgehead atoms. The summed E-state index contributed by atoms with van der Waals surface area (Å²) in [6, 6.07) is 11.9. The van der Waals surface area contributed by atoms with E-state index in [0.29, 0.717) is 26.2 Å². The Labute approximate surface area is 163 Å². The van der Waals surface area contributed by atoms with Crippen LogP contribution in [-0.4, -0.2) is 61.5 Å². The standard InChI is InChI=1S/C20H23N3O3S/c1-25-16-5-2-4-15(12-16)17-13-18(19-6-3-11-27-19)23(21-17)20(24)14-22-7-9-26-10-8-22/h2-6,11-12,18H,7-10,13-14H2,1H3/t18-/m1/s1. The van der Waals surface area contributed by atoms with Crippen LogP contribution in [0.15, 0.2) is 46.9 Å². The van der Waals surface area contributed by atoms with Gasteiger partial charge in [-0.3, -0.25) is 9.69 Å². The van der Waals surface area contributed by atoms with Crippen molar-refractivity contribution in [1.82, 2.24) is 9.91 Å². The van der Waals surface area contributed by atoms with Gasteiger partial charge in [-0.15, -0.1) is 11.3 Å². The lowest BCUT2D eigenvalue weighted by Gasteiger charge is -2.28. The van der Waals surface area contributed by atoms with Crippen molar-refractivity contribution in [2.45, 2.75) is 12.5 Å². The Morgan fingerprint density at radius 3 is 2.89 bits per heavy atom. The van der Waals surface area contributed by atoms with E-state index in [1.54, 1.807) is 23.5 Å². The van der Waals surface area contributed by atoms with Gasteiger partial charge in [0, 0.05) is 30.0 Å². The van der Waals surface area contributed by atoms with Crippen molar-refractivity contribution in [1.29, 1.82) is 0 Å². The van der Waals surface area contributed by atoms with E-state index in [0.717, 1.165) is 35.0 Å². The second-order valence-corrected chi connectivity index (χ2v) is 7.62. The molecule has 1 amide bonds. The molecule has 1 saturated heterocycles. The van der Waals surface area contributed by atoms with E-state index < -0.39 is 0 Å². The van der Waals surface area contributed by atoms with Crippen molar-refractivity contribution in [3.8, 4) is 5.75 Å². The molecule has 27 heavy (non-hydrogen) atoms. The Morgan fingerprint density at radius 2 is 2.15 bits per heavy atom. The van der Waals surface area contributed by atoms with E-state index in [-0.39, 0.29) is 11.9 Å². The fourth-order valence-electron chi connectivity index (χ4n) is 3.44. The molecule has 0 N–H and O–H groups in total. The first kappa shape index (κ1) is 18.2. The Balaban J connectivity index is 1.58. The third-order valence-corrected chi connectivity index (χ3v) is 5.88. The van der Waals surface area contributed by atoms with Crippen molar-refractivity contribution in [2.75, 3.05) is 40.0 Å². The number of nitrogens with zero attached hydrogens (tertiary/aromatic N) is 3. The van der Waals surface area contributed by atoms with E-state index in [2.05, 4.69) is 11.0 Å². The van der Waals surface area contributed by atoms with Gasteiger partial charge in [0.15, 0.2) is 0 Å². The number of hydrogen-bond donors (Lipinski definition) is 0. The van der Waals surface area contributed by atoms with Gasteiger partial charge in [0.25, 0.3) is 5.91 Å². The Bertz CT molecular complexity index is 816. The number of amides is 1. The van der Waals surface area contributed by atoms with E-state index in [1.807, 2.05) is 35.7 Å². The first-order valence-corrected chi connectivity index (χ1v) is 10.00. The van der Waals surface area contributed by atoms with Crippen LogP contribution in [0.1, 0.15) is 22.9 Å². The third-order valence-electron chi connectivity index (χ3n) is 4.90. The van der Waals surface area contributed by atoms with Gasteiger partial charge >= 0.3 is 0 Å². The predicted octanol–water partition coefficient (Wildman–Crippen LogP) is 2.77. The summed E-state index contributed by atoms with van der Waals surface area (Å²) in [7, 11) is 1.65. The van der Waals surface area contributed by atoms with Gasteiger partial charge < -0.3 is 9.47 Å². The van der Waals surface area contributed by atoms with Gasteiger partial charge in [0.05, 0.1) is 38.6 Å². The summed E-state index contributed by atoms with van der Waals surface area (Å²) in [5.74, 6) is 0.828. The summed E-state index contributed by atoms with van der Waals surface area (Å²) in [6.45, 7) is 3.31. The lowest BCUT2D eigenvalue weighted by Crippen LogP contribution is -2.43. The number of carbonyl (C=O) groups is 1. The highest BCUT2D eigenvalue weighted by Gasteiger charge is 2.34. The maximum Gasteiger partial charge on any atom is 0.257 e. The van der Waals surface area contributed by atoms with Crippen molar-refractivity contribution in [3.05, 3.63) is 52.2 Å². The zero-order valence-electron chi connectivity index (χ0n) is 15.3. The number of morpholine rings is 1. The van der Waals surface area contributed by atoms with Crippen LogP contribution >= 0.6 is 11.3 Å². The first-order chi connectivity index (χ1) is 13.2. The summed E-state index contributed by atoms with van der Waals surface area (Å²) < 4.78 is 10.7. The number of methoxy groups -OCH3 is 1.